The van der Waals surface area contributed by atoms with E-state index < -0.39 is 0 Å². The van der Waals surface area contributed by atoms with Crippen LogP contribution in [0.5, 0.6) is 5.75 Å². The number of esters is 1. The van der Waals surface area contributed by atoms with E-state index >= 15 is 0 Å². The quantitative estimate of drug-likeness (QED) is 0.294. The molecule has 0 bridgehead atoms. The van der Waals surface area contributed by atoms with E-state index in [9.17, 15) is 4.79 Å². The Morgan fingerprint density at radius 1 is 0.906 bits per heavy atom. The Labute approximate surface area is 192 Å². The molecule has 0 aliphatic heterocycles. The van der Waals surface area contributed by atoms with Crippen LogP contribution in [0.2, 0.25) is 5.02 Å². The molecule has 0 fully saturated rings. The van der Waals surface area contributed by atoms with Gasteiger partial charge in [0.2, 0.25) is 0 Å². The first-order chi connectivity index (χ1) is 15.7. The van der Waals surface area contributed by atoms with Gasteiger partial charge in [-0.05, 0) is 60.0 Å². The summed E-state index contributed by atoms with van der Waals surface area (Å²) in [5, 5.41) is 0.607. The summed E-state index contributed by atoms with van der Waals surface area (Å²) in [5.74, 6) is 0.363. The lowest BCUT2D eigenvalue weighted by Gasteiger charge is -2.16. The molecule has 160 valence electrons. The highest BCUT2D eigenvalue weighted by atomic mass is 35.5. The van der Waals surface area contributed by atoms with Gasteiger partial charge < -0.3 is 9.47 Å². The number of rotatable bonds is 7. The van der Waals surface area contributed by atoms with Crippen LogP contribution in [0.1, 0.15) is 22.8 Å². The maximum absolute atomic E-state index is 12.2. The van der Waals surface area contributed by atoms with Crippen LogP contribution in [-0.2, 0) is 11.3 Å². The summed E-state index contributed by atoms with van der Waals surface area (Å²) in [6, 6.07) is 24.8. The molecular weight excluding hydrogens is 422 g/mol. The van der Waals surface area contributed by atoms with E-state index in [0.29, 0.717) is 29.5 Å². The van der Waals surface area contributed by atoms with Gasteiger partial charge in [-0.3, -0.25) is 4.98 Å². The van der Waals surface area contributed by atoms with Crippen LogP contribution < -0.4 is 4.74 Å². The lowest BCUT2D eigenvalue weighted by Crippen LogP contribution is -2.04. The highest BCUT2D eigenvalue weighted by molar-refractivity contribution is 6.31. The van der Waals surface area contributed by atoms with Crippen molar-refractivity contribution in [2.24, 2.45) is 0 Å². The van der Waals surface area contributed by atoms with Gasteiger partial charge in [0.25, 0.3) is 0 Å². The third kappa shape index (κ3) is 4.98. The third-order valence-electron chi connectivity index (χ3n) is 4.97. The van der Waals surface area contributed by atoms with Crippen molar-refractivity contribution in [2.75, 3.05) is 6.61 Å². The Hall–Kier alpha value is -3.63. The number of ether oxygens (including phenoxy) is 2. The minimum absolute atomic E-state index is 0.325. The predicted octanol–water partition coefficient (Wildman–Crippen LogP) is 6.82. The number of pyridine rings is 1. The van der Waals surface area contributed by atoms with Crippen LogP contribution in [0.15, 0.2) is 91.3 Å². The van der Waals surface area contributed by atoms with Gasteiger partial charge in [-0.2, -0.15) is 0 Å². The average molecular weight is 444 g/mol. The Morgan fingerprint density at radius 2 is 1.75 bits per heavy atom. The van der Waals surface area contributed by atoms with Crippen LogP contribution in [0.25, 0.3) is 22.3 Å². The standard InChI is InChI=1S/C27H22ClNO3/c1-2-31-27(30)21-10-6-9-20(15-21)25-17-29-14-13-23(25)24-16-22(28)11-12-26(24)32-18-19-7-4-3-5-8-19/h3-17H,2,18H2,1H3. The van der Waals surface area contributed by atoms with Crippen LogP contribution in [0, 0.1) is 0 Å². The first-order valence-electron chi connectivity index (χ1n) is 10.3. The number of carbonyl (C=O) groups is 1. The fraction of sp³-hybridized carbons (Fsp3) is 0.111. The maximum Gasteiger partial charge on any atom is 0.338 e. The maximum atomic E-state index is 12.2. The molecule has 1 heterocycles. The minimum Gasteiger partial charge on any atom is -0.488 e. The highest BCUT2D eigenvalue weighted by Gasteiger charge is 2.15. The van der Waals surface area contributed by atoms with Crippen LogP contribution in [0.4, 0.5) is 0 Å². The summed E-state index contributed by atoms with van der Waals surface area (Å²) in [6.45, 7) is 2.55. The molecule has 0 saturated carbocycles. The van der Waals surface area contributed by atoms with Gasteiger partial charge in [-0.1, -0.05) is 54.1 Å². The molecule has 0 unspecified atom stereocenters. The number of halogens is 1. The van der Waals surface area contributed by atoms with Crippen molar-refractivity contribution in [3.63, 3.8) is 0 Å². The lowest BCUT2D eigenvalue weighted by atomic mass is 9.95. The second-order valence-electron chi connectivity index (χ2n) is 7.14. The molecule has 4 nitrogen and oxygen atoms in total. The number of hydrogen-bond donors (Lipinski definition) is 0. The molecule has 0 saturated heterocycles. The van der Waals surface area contributed by atoms with Crippen LogP contribution in [-0.4, -0.2) is 17.6 Å². The van der Waals surface area contributed by atoms with E-state index in [4.69, 9.17) is 21.1 Å². The topological polar surface area (TPSA) is 48.4 Å². The Morgan fingerprint density at radius 3 is 2.56 bits per heavy atom. The number of carbonyl (C=O) groups excluding carboxylic acids is 1. The zero-order chi connectivity index (χ0) is 22.3. The summed E-state index contributed by atoms with van der Waals surface area (Å²) < 4.78 is 11.3. The molecule has 1 aromatic heterocycles. The van der Waals surface area contributed by atoms with Crippen molar-refractivity contribution in [1.29, 1.82) is 0 Å². The molecule has 0 atom stereocenters. The molecule has 4 rings (SSSR count). The lowest BCUT2D eigenvalue weighted by molar-refractivity contribution is 0.0526. The molecule has 32 heavy (non-hydrogen) atoms. The zero-order valence-electron chi connectivity index (χ0n) is 17.6. The van der Waals surface area contributed by atoms with E-state index in [1.807, 2.05) is 72.8 Å². The third-order valence-corrected chi connectivity index (χ3v) is 5.21. The van der Waals surface area contributed by atoms with E-state index in [1.54, 1.807) is 25.4 Å². The molecule has 0 amide bonds. The summed E-state index contributed by atoms with van der Waals surface area (Å²) in [5.41, 5.74) is 5.05. The van der Waals surface area contributed by atoms with Crippen molar-refractivity contribution in [2.45, 2.75) is 13.5 Å². The van der Waals surface area contributed by atoms with Gasteiger partial charge in [-0.15, -0.1) is 0 Å². The molecule has 0 radical (unpaired) electrons. The molecular formula is C27H22ClNO3. The summed E-state index contributed by atoms with van der Waals surface area (Å²) >= 11 is 6.35. The van der Waals surface area contributed by atoms with Gasteiger partial charge in [0.05, 0.1) is 12.2 Å². The van der Waals surface area contributed by atoms with Crippen molar-refractivity contribution in [3.8, 4) is 28.0 Å². The van der Waals surface area contributed by atoms with Crippen molar-refractivity contribution in [3.05, 3.63) is 107 Å². The first-order valence-corrected chi connectivity index (χ1v) is 10.7. The monoisotopic (exact) mass is 443 g/mol. The molecule has 0 aliphatic carbocycles. The van der Waals surface area contributed by atoms with E-state index in [1.165, 1.54) is 0 Å². The zero-order valence-corrected chi connectivity index (χ0v) is 18.4. The second kappa shape index (κ2) is 10.1. The normalized spacial score (nSPS) is 10.6. The van der Waals surface area contributed by atoms with Gasteiger partial charge >= 0.3 is 5.97 Å². The fourth-order valence-electron chi connectivity index (χ4n) is 3.46. The van der Waals surface area contributed by atoms with Gasteiger partial charge in [0, 0.05) is 28.5 Å². The Balaban J connectivity index is 1.74. The number of nitrogens with zero attached hydrogens (tertiary/aromatic N) is 1. The average Bonchev–Trinajstić information content (AvgIpc) is 2.84. The molecule has 3 aromatic carbocycles. The molecule has 4 aromatic rings. The van der Waals surface area contributed by atoms with Crippen molar-refractivity contribution in [1.82, 2.24) is 4.98 Å². The SMILES string of the molecule is CCOC(=O)c1cccc(-c2cnccc2-c2cc(Cl)ccc2OCc2ccccc2)c1. The fourth-order valence-corrected chi connectivity index (χ4v) is 3.63. The van der Waals surface area contributed by atoms with Crippen LogP contribution >= 0.6 is 11.6 Å². The Kier molecular flexibility index (Phi) is 6.83. The predicted molar refractivity (Wildman–Crippen MR) is 127 cm³/mol. The van der Waals surface area contributed by atoms with E-state index in [0.717, 1.165) is 27.8 Å². The van der Waals surface area contributed by atoms with Crippen molar-refractivity contribution >= 4 is 17.6 Å². The Bertz CT molecular complexity index is 1220. The molecule has 0 N–H and O–H groups in total. The van der Waals surface area contributed by atoms with Gasteiger partial charge in [0.1, 0.15) is 12.4 Å². The number of hydrogen-bond acceptors (Lipinski definition) is 4. The van der Waals surface area contributed by atoms with E-state index in [-0.39, 0.29) is 5.97 Å². The van der Waals surface area contributed by atoms with Crippen LogP contribution in [0.3, 0.4) is 0 Å². The molecule has 0 aliphatic rings. The largest absolute Gasteiger partial charge is 0.488 e. The smallest absolute Gasteiger partial charge is 0.338 e. The van der Waals surface area contributed by atoms with Gasteiger partial charge in [-0.25, -0.2) is 4.79 Å². The molecule has 0 spiro atoms. The minimum atomic E-state index is -0.352. The number of benzene rings is 3. The van der Waals surface area contributed by atoms with Crippen molar-refractivity contribution < 1.29 is 14.3 Å². The summed E-state index contributed by atoms with van der Waals surface area (Å²) in [7, 11) is 0. The second-order valence-corrected chi connectivity index (χ2v) is 7.57. The highest BCUT2D eigenvalue weighted by Crippen LogP contribution is 2.39. The summed E-state index contributed by atoms with van der Waals surface area (Å²) in [6.07, 6.45) is 3.51. The molecule has 5 heteroatoms. The number of aromatic nitrogens is 1. The first kappa shape index (κ1) is 21.6. The van der Waals surface area contributed by atoms with E-state index in [2.05, 4.69) is 4.98 Å². The summed E-state index contributed by atoms with van der Waals surface area (Å²) in [4.78, 5) is 16.5. The van der Waals surface area contributed by atoms with Gasteiger partial charge in [0.15, 0.2) is 0 Å².